The van der Waals surface area contributed by atoms with E-state index in [4.69, 9.17) is 21.1 Å². The van der Waals surface area contributed by atoms with E-state index in [2.05, 4.69) is 11.1 Å². The van der Waals surface area contributed by atoms with Gasteiger partial charge in [-0.2, -0.15) is 5.26 Å². The highest BCUT2D eigenvalue weighted by molar-refractivity contribution is 6.32. The molecule has 33 heavy (non-hydrogen) atoms. The predicted octanol–water partition coefficient (Wildman–Crippen LogP) is 5.69. The lowest BCUT2D eigenvalue weighted by atomic mass is 9.90. The summed E-state index contributed by atoms with van der Waals surface area (Å²) >= 11 is 6.57. The molecule has 4 aromatic rings. The molecule has 1 N–H and O–H groups in total. The zero-order chi connectivity index (χ0) is 23.4. The van der Waals surface area contributed by atoms with Crippen molar-refractivity contribution in [2.75, 3.05) is 13.7 Å². The minimum absolute atomic E-state index is 0.125. The highest BCUT2D eigenvalue weighted by Gasteiger charge is 2.26. The number of nitrogens with one attached hydrogen (secondary N) is 1. The Labute approximate surface area is 195 Å². The van der Waals surface area contributed by atoms with Gasteiger partial charge in [0.25, 0.3) is 0 Å². The van der Waals surface area contributed by atoms with E-state index in [1.54, 1.807) is 36.5 Å². The molecule has 166 valence electrons. The van der Waals surface area contributed by atoms with Gasteiger partial charge in [0, 0.05) is 27.6 Å². The van der Waals surface area contributed by atoms with Crippen molar-refractivity contribution in [1.29, 1.82) is 5.26 Å². The highest BCUT2D eigenvalue weighted by atomic mass is 35.5. The summed E-state index contributed by atoms with van der Waals surface area (Å²) in [5, 5.41) is 22.0. The second-order valence-electron chi connectivity index (χ2n) is 7.45. The van der Waals surface area contributed by atoms with Crippen molar-refractivity contribution in [1.82, 2.24) is 4.98 Å². The van der Waals surface area contributed by atoms with E-state index in [0.29, 0.717) is 28.2 Å². The van der Waals surface area contributed by atoms with Gasteiger partial charge in [0.05, 0.1) is 29.7 Å². The smallest absolute Gasteiger partial charge is 0.214 e. The molecule has 0 amide bonds. The van der Waals surface area contributed by atoms with Gasteiger partial charge in [-0.25, -0.2) is 0 Å². The van der Waals surface area contributed by atoms with E-state index in [9.17, 15) is 15.4 Å². The van der Waals surface area contributed by atoms with Crippen LogP contribution in [0.2, 0.25) is 5.02 Å². The van der Waals surface area contributed by atoms with Crippen LogP contribution in [0.1, 0.15) is 28.2 Å². The number of ether oxygens (including phenoxy) is 2. The van der Waals surface area contributed by atoms with Crippen molar-refractivity contribution in [2.24, 2.45) is 0 Å². The van der Waals surface area contributed by atoms with E-state index in [1.807, 2.05) is 30.3 Å². The molecular weight excluding hydrogens is 442 g/mol. The monoisotopic (exact) mass is 461 g/mol. The average Bonchev–Trinajstić information content (AvgIpc) is 3.25. The lowest BCUT2D eigenvalue weighted by Gasteiger charge is -2.18. The summed E-state index contributed by atoms with van der Waals surface area (Å²) in [7, 11) is 1.49. The number of aromatic nitrogens is 1. The van der Waals surface area contributed by atoms with Crippen molar-refractivity contribution in [3.05, 3.63) is 104 Å². The van der Waals surface area contributed by atoms with Crippen molar-refractivity contribution >= 4 is 22.5 Å². The molecule has 0 spiro atoms. The largest absolute Gasteiger partial charge is 0.493 e. The van der Waals surface area contributed by atoms with Crippen LogP contribution in [0.15, 0.2) is 66.9 Å². The van der Waals surface area contributed by atoms with Crippen LogP contribution in [-0.2, 0) is 6.61 Å². The number of nitriles is 1. The number of nitro groups is 1. The number of methoxy groups -OCH3 is 1. The maximum absolute atomic E-state index is 11.5. The van der Waals surface area contributed by atoms with Crippen LogP contribution >= 0.6 is 11.6 Å². The van der Waals surface area contributed by atoms with Crippen LogP contribution in [0.5, 0.6) is 11.5 Å². The van der Waals surface area contributed by atoms with E-state index < -0.39 is 5.92 Å². The molecule has 3 aromatic carbocycles. The van der Waals surface area contributed by atoms with Gasteiger partial charge in [0.1, 0.15) is 6.61 Å². The molecule has 0 radical (unpaired) electrons. The van der Waals surface area contributed by atoms with Crippen LogP contribution in [0.4, 0.5) is 0 Å². The molecule has 1 aromatic heterocycles. The Morgan fingerprint density at radius 1 is 1.18 bits per heavy atom. The van der Waals surface area contributed by atoms with Crippen molar-refractivity contribution < 1.29 is 14.4 Å². The fraction of sp³-hybridized carbons (Fsp3) is 0.160. The van der Waals surface area contributed by atoms with Gasteiger partial charge in [-0.15, -0.1) is 0 Å². The summed E-state index contributed by atoms with van der Waals surface area (Å²) in [6.45, 7) is -0.184. The van der Waals surface area contributed by atoms with E-state index in [1.165, 1.54) is 7.11 Å². The average molecular weight is 462 g/mol. The summed E-state index contributed by atoms with van der Waals surface area (Å²) in [6, 6.07) is 20.3. The SMILES string of the molecule is COc1cc([C@@H](C[N+](=O)[O-])c2c[nH]c3ccccc23)cc(Cl)c1OCc1ccccc1C#N. The topological polar surface area (TPSA) is 101 Å². The van der Waals surface area contributed by atoms with Gasteiger partial charge in [0.15, 0.2) is 11.5 Å². The lowest BCUT2D eigenvalue weighted by Crippen LogP contribution is -2.14. The summed E-state index contributed by atoms with van der Waals surface area (Å²) in [6.07, 6.45) is 1.79. The number of H-pyrrole nitrogens is 1. The van der Waals surface area contributed by atoms with Crippen LogP contribution in [-0.4, -0.2) is 23.6 Å². The molecular formula is C25H20ClN3O4. The van der Waals surface area contributed by atoms with Gasteiger partial charge in [-0.05, 0) is 35.4 Å². The molecule has 8 heteroatoms. The maximum Gasteiger partial charge on any atom is 0.214 e. The Balaban J connectivity index is 1.72. The molecule has 0 aliphatic rings. The van der Waals surface area contributed by atoms with Crippen LogP contribution in [0.25, 0.3) is 10.9 Å². The molecule has 1 heterocycles. The molecule has 0 saturated heterocycles. The fourth-order valence-corrected chi connectivity index (χ4v) is 4.17. The normalized spacial score (nSPS) is 11.7. The quantitative estimate of drug-likeness (QED) is 0.268. The number of benzene rings is 3. The number of halogens is 1. The summed E-state index contributed by atoms with van der Waals surface area (Å²) in [5.74, 6) is 0.130. The van der Waals surface area contributed by atoms with Crippen molar-refractivity contribution in [2.45, 2.75) is 12.5 Å². The first kappa shape index (κ1) is 22.2. The van der Waals surface area contributed by atoms with Gasteiger partial charge in [-0.1, -0.05) is 48.0 Å². The van der Waals surface area contributed by atoms with Crippen LogP contribution in [0.3, 0.4) is 0 Å². The van der Waals surface area contributed by atoms with Crippen LogP contribution in [0, 0.1) is 21.4 Å². The second-order valence-corrected chi connectivity index (χ2v) is 7.86. The van der Waals surface area contributed by atoms with Gasteiger partial charge in [0.2, 0.25) is 6.54 Å². The van der Waals surface area contributed by atoms with Gasteiger partial charge < -0.3 is 14.5 Å². The molecule has 4 rings (SSSR count). The predicted molar refractivity (Wildman–Crippen MR) is 125 cm³/mol. The Morgan fingerprint density at radius 3 is 2.70 bits per heavy atom. The number of para-hydroxylation sites is 1. The number of fused-ring (bicyclic) bond motifs is 1. The first-order valence-electron chi connectivity index (χ1n) is 10.2. The Kier molecular flexibility index (Phi) is 6.48. The molecule has 0 saturated carbocycles. The Morgan fingerprint density at radius 2 is 1.94 bits per heavy atom. The number of hydrogen-bond acceptors (Lipinski definition) is 5. The zero-order valence-electron chi connectivity index (χ0n) is 17.7. The third kappa shape index (κ3) is 4.61. The third-order valence-corrected chi connectivity index (χ3v) is 5.77. The minimum Gasteiger partial charge on any atom is -0.493 e. The number of aromatic amines is 1. The van der Waals surface area contributed by atoms with Crippen LogP contribution < -0.4 is 9.47 Å². The van der Waals surface area contributed by atoms with Gasteiger partial charge in [-0.3, -0.25) is 10.1 Å². The van der Waals surface area contributed by atoms with E-state index in [-0.39, 0.29) is 23.1 Å². The zero-order valence-corrected chi connectivity index (χ0v) is 18.5. The highest BCUT2D eigenvalue weighted by Crippen LogP contribution is 2.41. The van der Waals surface area contributed by atoms with Gasteiger partial charge >= 0.3 is 0 Å². The summed E-state index contributed by atoms with van der Waals surface area (Å²) < 4.78 is 11.4. The van der Waals surface area contributed by atoms with E-state index in [0.717, 1.165) is 16.5 Å². The third-order valence-electron chi connectivity index (χ3n) is 5.49. The molecule has 0 bridgehead atoms. The standard InChI is InChI=1S/C25H20ClN3O4/c1-32-24-11-18(10-22(26)25(24)33-15-17-7-3-2-6-16(17)12-27)21(14-29(30)31)20-13-28-23-9-5-4-8-19(20)23/h2-11,13,21,28H,14-15H2,1H3/t21-/m1/s1. The van der Waals surface area contributed by atoms with Crippen molar-refractivity contribution in [3.8, 4) is 17.6 Å². The minimum atomic E-state index is -0.545. The Hall–Kier alpha value is -4.02. The first-order valence-corrected chi connectivity index (χ1v) is 10.6. The second kappa shape index (κ2) is 9.63. The van der Waals surface area contributed by atoms with Crippen molar-refractivity contribution in [3.63, 3.8) is 0 Å². The molecule has 0 unspecified atom stereocenters. The molecule has 0 aliphatic heterocycles. The number of hydrogen-bond donors (Lipinski definition) is 1. The molecule has 0 fully saturated rings. The summed E-state index contributed by atoms with van der Waals surface area (Å²) in [4.78, 5) is 14.4. The lowest BCUT2D eigenvalue weighted by molar-refractivity contribution is -0.481. The Bertz CT molecular complexity index is 1360. The molecule has 1 atom stereocenters. The van der Waals surface area contributed by atoms with E-state index >= 15 is 0 Å². The maximum atomic E-state index is 11.5. The fourth-order valence-electron chi connectivity index (χ4n) is 3.90. The molecule has 0 aliphatic carbocycles. The summed E-state index contributed by atoms with van der Waals surface area (Å²) in [5.41, 5.74) is 3.57. The molecule has 7 nitrogen and oxygen atoms in total. The number of rotatable bonds is 8. The first-order chi connectivity index (χ1) is 16.0. The number of nitrogens with zero attached hydrogens (tertiary/aromatic N) is 2.